The number of aryl methyl sites for hydroxylation is 1. The number of methoxy groups -OCH3 is 1. The highest BCUT2D eigenvalue weighted by Crippen LogP contribution is 2.37. The Bertz CT molecular complexity index is 1490. The molecule has 9 nitrogen and oxygen atoms in total. The van der Waals surface area contributed by atoms with Crippen molar-refractivity contribution in [1.82, 2.24) is 9.97 Å². The Kier molecular flexibility index (Phi) is 7.94. The quantitative estimate of drug-likeness (QED) is 0.301. The molecule has 0 aliphatic heterocycles. The minimum atomic E-state index is -0.104. The standard InChI is InChI=1S/C27H23N5O4S/c1-16-23(31-26(36-16)18-5-7-19(34-2)8-6-18)15-37-27-22(14-29)24(21(13-28)25(30)32-27)17-3-9-20(10-4-17)35-12-11-33/h3-10,33H,11-12,15H2,1-2H3,(H2,30,32). The second kappa shape index (κ2) is 11.5. The van der Waals surface area contributed by atoms with Gasteiger partial charge in [0.1, 0.15) is 52.4 Å². The van der Waals surface area contributed by atoms with Gasteiger partial charge in [-0.3, -0.25) is 0 Å². The maximum Gasteiger partial charge on any atom is 0.226 e. The van der Waals surface area contributed by atoms with Crippen LogP contribution in [0.5, 0.6) is 11.5 Å². The summed E-state index contributed by atoms with van der Waals surface area (Å²) in [5.41, 5.74) is 9.06. The fourth-order valence-electron chi connectivity index (χ4n) is 3.63. The molecular formula is C27H23N5O4S. The van der Waals surface area contributed by atoms with E-state index in [4.69, 9.17) is 24.7 Å². The summed E-state index contributed by atoms with van der Waals surface area (Å²) in [7, 11) is 1.60. The molecule has 0 bridgehead atoms. The molecule has 2 aromatic carbocycles. The number of hydrogen-bond donors (Lipinski definition) is 2. The minimum absolute atomic E-state index is 0.0374. The number of aromatic nitrogens is 2. The zero-order valence-electron chi connectivity index (χ0n) is 20.2. The third kappa shape index (κ3) is 5.51. The largest absolute Gasteiger partial charge is 0.497 e. The molecule has 0 saturated carbocycles. The smallest absolute Gasteiger partial charge is 0.226 e. The average molecular weight is 514 g/mol. The molecule has 0 spiro atoms. The Morgan fingerprint density at radius 3 is 2.24 bits per heavy atom. The van der Waals surface area contributed by atoms with Gasteiger partial charge in [0.05, 0.1) is 25.0 Å². The van der Waals surface area contributed by atoms with Gasteiger partial charge in [-0.15, -0.1) is 0 Å². The van der Waals surface area contributed by atoms with Crippen LogP contribution >= 0.6 is 11.8 Å². The first-order valence-corrected chi connectivity index (χ1v) is 12.2. The molecule has 0 atom stereocenters. The molecule has 2 aromatic heterocycles. The number of aliphatic hydroxyl groups is 1. The third-order valence-corrected chi connectivity index (χ3v) is 6.48. The molecule has 0 unspecified atom stereocenters. The van der Waals surface area contributed by atoms with Crippen LogP contribution in [0.4, 0.5) is 5.82 Å². The number of nitrogens with two attached hydrogens (primary N) is 1. The van der Waals surface area contributed by atoms with Crippen LogP contribution in [0.1, 0.15) is 22.6 Å². The summed E-state index contributed by atoms with van der Waals surface area (Å²) < 4.78 is 16.5. The number of rotatable bonds is 9. The second-order valence-electron chi connectivity index (χ2n) is 7.79. The maximum atomic E-state index is 10.0. The van der Waals surface area contributed by atoms with Crippen molar-refractivity contribution in [2.45, 2.75) is 17.7 Å². The van der Waals surface area contributed by atoms with Crippen LogP contribution in [0.3, 0.4) is 0 Å². The van der Waals surface area contributed by atoms with E-state index in [1.807, 2.05) is 31.2 Å². The summed E-state index contributed by atoms with van der Waals surface area (Å²) in [6.45, 7) is 1.89. The lowest BCUT2D eigenvalue weighted by atomic mass is 9.97. The van der Waals surface area contributed by atoms with E-state index in [2.05, 4.69) is 22.1 Å². The molecule has 10 heteroatoms. The van der Waals surface area contributed by atoms with E-state index in [-0.39, 0.29) is 30.2 Å². The zero-order chi connectivity index (χ0) is 26.4. The van der Waals surface area contributed by atoms with E-state index in [0.29, 0.717) is 45.0 Å². The number of hydrogen-bond acceptors (Lipinski definition) is 10. The summed E-state index contributed by atoms with van der Waals surface area (Å²) in [6, 6.07) is 18.6. The number of pyridine rings is 1. The van der Waals surface area contributed by atoms with E-state index in [1.165, 1.54) is 11.8 Å². The Labute approximate surface area is 218 Å². The molecule has 0 aliphatic carbocycles. The van der Waals surface area contributed by atoms with Gasteiger partial charge in [0.25, 0.3) is 0 Å². The molecular weight excluding hydrogens is 490 g/mol. The van der Waals surface area contributed by atoms with Crippen molar-refractivity contribution in [3.63, 3.8) is 0 Å². The molecule has 0 saturated heterocycles. The first-order valence-electron chi connectivity index (χ1n) is 11.2. The highest BCUT2D eigenvalue weighted by Gasteiger charge is 2.22. The van der Waals surface area contributed by atoms with Gasteiger partial charge in [-0.1, -0.05) is 23.9 Å². The lowest BCUT2D eigenvalue weighted by Gasteiger charge is -2.13. The van der Waals surface area contributed by atoms with Gasteiger partial charge in [0.15, 0.2) is 0 Å². The van der Waals surface area contributed by atoms with Crippen LogP contribution in [0, 0.1) is 29.6 Å². The molecule has 4 aromatic rings. The summed E-state index contributed by atoms with van der Waals surface area (Å²) in [5, 5.41) is 29.1. The number of nitrogens with zero attached hydrogens (tertiary/aromatic N) is 4. The molecule has 3 N–H and O–H groups in total. The Hall–Kier alpha value is -4.51. The number of benzene rings is 2. The molecule has 0 fully saturated rings. The van der Waals surface area contributed by atoms with Gasteiger partial charge >= 0.3 is 0 Å². The second-order valence-corrected chi connectivity index (χ2v) is 8.75. The van der Waals surface area contributed by atoms with Crippen molar-refractivity contribution in [2.24, 2.45) is 0 Å². The minimum Gasteiger partial charge on any atom is -0.497 e. The third-order valence-electron chi connectivity index (χ3n) is 5.49. The van der Waals surface area contributed by atoms with Crippen molar-refractivity contribution in [2.75, 3.05) is 26.1 Å². The van der Waals surface area contributed by atoms with E-state index in [1.54, 1.807) is 31.4 Å². The van der Waals surface area contributed by atoms with E-state index in [0.717, 1.165) is 11.3 Å². The fourth-order valence-corrected chi connectivity index (χ4v) is 4.62. The van der Waals surface area contributed by atoms with Gasteiger partial charge in [-0.05, 0) is 48.9 Å². The van der Waals surface area contributed by atoms with Crippen LogP contribution in [0.2, 0.25) is 0 Å². The van der Waals surface area contributed by atoms with Crippen molar-refractivity contribution < 1.29 is 19.0 Å². The molecule has 2 heterocycles. The maximum absolute atomic E-state index is 10.0. The molecule has 0 amide bonds. The van der Waals surface area contributed by atoms with Gasteiger partial charge in [0.2, 0.25) is 5.89 Å². The molecule has 4 rings (SSSR count). The van der Waals surface area contributed by atoms with Crippen molar-refractivity contribution in [1.29, 1.82) is 10.5 Å². The van der Waals surface area contributed by atoms with Crippen LogP contribution in [0.15, 0.2) is 58.0 Å². The molecule has 0 aliphatic rings. The number of nitriles is 2. The van der Waals surface area contributed by atoms with Crippen LogP contribution in [-0.2, 0) is 5.75 Å². The predicted octanol–water partition coefficient (Wildman–Crippen LogP) is 4.71. The Morgan fingerprint density at radius 2 is 1.62 bits per heavy atom. The predicted molar refractivity (Wildman–Crippen MR) is 139 cm³/mol. The SMILES string of the molecule is COc1ccc(-c2nc(CSc3nc(N)c(C#N)c(-c4ccc(OCCO)cc4)c3C#N)c(C)o2)cc1. The van der Waals surface area contributed by atoms with Gasteiger partial charge in [-0.2, -0.15) is 10.5 Å². The monoisotopic (exact) mass is 513 g/mol. The number of nitrogen functional groups attached to an aromatic ring is 1. The number of thioether (sulfide) groups is 1. The van der Waals surface area contributed by atoms with Crippen molar-refractivity contribution in [3.05, 3.63) is 71.1 Å². The lowest BCUT2D eigenvalue weighted by Crippen LogP contribution is -2.04. The summed E-state index contributed by atoms with van der Waals surface area (Å²) in [6.07, 6.45) is 0. The lowest BCUT2D eigenvalue weighted by molar-refractivity contribution is 0.201. The first-order chi connectivity index (χ1) is 18.0. The molecule has 37 heavy (non-hydrogen) atoms. The highest BCUT2D eigenvalue weighted by atomic mass is 32.2. The number of ether oxygens (including phenoxy) is 2. The Balaban J connectivity index is 1.64. The average Bonchev–Trinajstić information content (AvgIpc) is 3.30. The van der Waals surface area contributed by atoms with E-state index < -0.39 is 0 Å². The van der Waals surface area contributed by atoms with Crippen LogP contribution in [0.25, 0.3) is 22.6 Å². The van der Waals surface area contributed by atoms with E-state index in [9.17, 15) is 10.5 Å². The van der Waals surface area contributed by atoms with Gasteiger partial charge in [-0.25, -0.2) is 9.97 Å². The summed E-state index contributed by atoms with van der Waals surface area (Å²) in [5.74, 6) is 2.84. The number of anilines is 1. The van der Waals surface area contributed by atoms with E-state index >= 15 is 0 Å². The zero-order valence-corrected chi connectivity index (χ0v) is 21.0. The van der Waals surface area contributed by atoms with Crippen molar-refractivity contribution >= 4 is 17.6 Å². The topological polar surface area (TPSA) is 151 Å². The number of aliphatic hydroxyl groups excluding tert-OH is 1. The Morgan fingerprint density at radius 1 is 0.973 bits per heavy atom. The number of oxazole rings is 1. The first kappa shape index (κ1) is 25.6. The van der Waals surface area contributed by atoms with Gasteiger partial charge in [0, 0.05) is 16.9 Å². The summed E-state index contributed by atoms with van der Waals surface area (Å²) in [4.78, 5) is 8.98. The summed E-state index contributed by atoms with van der Waals surface area (Å²) >= 11 is 1.29. The van der Waals surface area contributed by atoms with Crippen molar-refractivity contribution in [3.8, 4) is 46.2 Å². The van der Waals surface area contributed by atoms with Gasteiger partial charge < -0.3 is 24.7 Å². The van der Waals surface area contributed by atoms with Crippen LogP contribution < -0.4 is 15.2 Å². The fraction of sp³-hybridized carbons (Fsp3) is 0.185. The molecule has 186 valence electrons. The molecule has 0 radical (unpaired) electrons. The highest BCUT2D eigenvalue weighted by molar-refractivity contribution is 7.98. The normalized spacial score (nSPS) is 10.5. The van der Waals surface area contributed by atoms with Crippen LogP contribution in [-0.4, -0.2) is 35.4 Å².